The number of hydrogen-bond donors (Lipinski definition) is 1. The SMILES string of the molecule is SCC=CCOCC1CCCC1. The van der Waals surface area contributed by atoms with Crippen LogP contribution in [0.3, 0.4) is 0 Å². The summed E-state index contributed by atoms with van der Waals surface area (Å²) < 4.78 is 5.50. The van der Waals surface area contributed by atoms with Gasteiger partial charge in [-0.1, -0.05) is 25.0 Å². The molecule has 0 aromatic heterocycles. The van der Waals surface area contributed by atoms with Crippen molar-refractivity contribution >= 4 is 12.6 Å². The Hall–Kier alpha value is 0.0500. The molecule has 0 amide bonds. The van der Waals surface area contributed by atoms with Crippen LogP contribution in [0.15, 0.2) is 12.2 Å². The molecule has 70 valence electrons. The lowest BCUT2D eigenvalue weighted by atomic mass is 10.1. The van der Waals surface area contributed by atoms with Gasteiger partial charge in [-0.05, 0) is 18.8 Å². The molecule has 0 radical (unpaired) electrons. The molecule has 1 fully saturated rings. The molecule has 0 aliphatic heterocycles. The monoisotopic (exact) mass is 186 g/mol. The second-order valence-corrected chi connectivity index (χ2v) is 3.71. The zero-order chi connectivity index (χ0) is 8.65. The summed E-state index contributed by atoms with van der Waals surface area (Å²) >= 11 is 4.07. The van der Waals surface area contributed by atoms with Crippen LogP contribution in [-0.4, -0.2) is 19.0 Å². The van der Waals surface area contributed by atoms with Gasteiger partial charge in [-0.15, -0.1) is 0 Å². The molecule has 0 spiro atoms. The van der Waals surface area contributed by atoms with Gasteiger partial charge in [0.05, 0.1) is 6.61 Å². The van der Waals surface area contributed by atoms with E-state index >= 15 is 0 Å². The third-order valence-corrected chi connectivity index (χ3v) is 2.53. The van der Waals surface area contributed by atoms with E-state index in [1.54, 1.807) is 0 Å². The molecule has 0 heterocycles. The molecule has 2 heteroatoms. The molecule has 1 nitrogen and oxygen atoms in total. The van der Waals surface area contributed by atoms with Crippen molar-refractivity contribution in [2.75, 3.05) is 19.0 Å². The minimum absolute atomic E-state index is 0.761. The second-order valence-electron chi connectivity index (χ2n) is 3.34. The van der Waals surface area contributed by atoms with Crippen LogP contribution in [0.25, 0.3) is 0 Å². The molecule has 0 bridgehead atoms. The summed E-state index contributed by atoms with van der Waals surface area (Å²) in [6.07, 6.45) is 9.62. The number of hydrogen-bond acceptors (Lipinski definition) is 2. The van der Waals surface area contributed by atoms with Gasteiger partial charge in [-0.2, -0.15) is 12.6 Å². The fourth-order valence-corrected chi connectivity index (χ4v) is 1.77. The van der Waals surface area contributed by atoms with Crippen molar-refractivity contribution in [2.24, 2.45) is 5.92 Å². The Morgan fingerprint density at radius 3 is 2.67 bits per heavy atom. The summed E-state index contributed by atoms with van der Waals surface area (Å²) in [5, 5.41) is 0. The Morgan fingerprint density at radius 2 is 2.00 bits per heavy atom. The first-order valence-electron chi connectivity index (χ1n) is 4.77. The molecule has 0 atom stereocenters. The topological polar surface area (TPSA) is 9.23 Å². The van der Waals surface area contributed by atoms with Crippen molar-refractivity contribution in [3.63, 3.8) is 0 Å². The van der Waals surface area contributed by atoms with Crippen molar-refractivity contribution in [1.29, 1.82) is 0 Å². The quantitative estimate of drug-likeness (QED) is 0.394. The molecule has 0 unspecified atom stereocenters. The van der Waals surface area contributed by atoms with E-state index < -0.39 is 0 Å². The predicted octanol–water partition coefficient (Wildman–Crippen LogP) is 2.68. The second kappa shape index (κ2) is 6.55. The van der Waals surface area contributed by atoms with E-state index in [4.69, 9.17) is 4.74 Å². The number of thiol groups is 1. The fourth-order valence-electron chi connectivity index (χ4n) is 1.62. The van der Waals surface area contributed by atoms with E-state index in [1.807, 2.05) is 12.2 Å². The summed E-state index contributed by atoms with van der Waals surface area (Å²) in [7, 11) is 0. The minimum Gasteiger partial charge on any atom is -0.377 e. The zero-order valence-electron chi connectivity index (χ0n) is 7.54. The van der Waals surface area contributed by atoms with Crippen LogP contribution in [0.5, 0.6) is 0 Å². The van der Waals surface area contributed by atoms with Crippen LogP contribution >= 0.6 is 12.6 Å². The maximum absolute atomic E-state index is 5.50. The maximum atomic E-state index is 5.50. The molecule has 12 heavy (non-hydrogen) atoms. The lowest BCUT2D eigenvalue weighted by Crippen LogP contribution is -2.05. The lowest BCUT2D eigenvalue weighted by molar-refractivity contribution is 0.125. The molecule has 0 saturated heterocycles. The van der Waals surface area contributed by atoms with Crippen molar-refractivity contribution in [2.45, 2.75) is 25.7 Å². The van der Waals surface area contributed by atoms with Gasteiger partial charge >= 0.3 is 0 Å². The molecule has 1 aliphatic rings. The molecule has 0 aromatic rings. The molecule has 1 aliphatic carbocycles. The summed E-state index contributed by atoms with van der Waals surface area (Å²) in [5.74, 6) is 1.65. The molecule has 0 N–H and O–H groups in total. The first-order valence-corrected chi connectivity index (χ1v) is 5.40. The van der Waals surface area contributed by atoms with Crippen molar-refractivity contribution in [3.8, 4) is 0 Å². The average Bonchev–Trinajstić information content (AvgIpc) is 2.57. The van der Waals surface area contributed by atoms with Crippen LogP contribution in [0.4, 0.5) is 0 Å². The van der Waals surface area contributed by atoms with Crippen LogP contribution in [0.1, 0.15) is 25.7 Å². The smallest absolute Gasteiger partial charge is 0.0647 e. The highest BCUT2D eigenvalue weighted by Gasteiger charge is 2.13. The Balaban J connectivity index is 1.91. The highest BCUT2D eigenvalue weighted by atomic mass is 32.1. The number of rotatable bonds is 5. The highest BCUT2D eigenvalue weighted by Crippen LogP contribution is 2.24. The van der Waals surface area contributed by atoms with Gasteiger partial charge in [0.25, 0.3) is 0 Å². The first kappa shape index (κ1) is 10.1. The van der Waals surface area contributed by atoms with Gasteiger partial charge in [-0.25, -0.2) is 0 Å². The Bertz CT molecular complexity index is 128. The predicted molar refractivity (Wildman–Crippen MR) is 55.8 cm³/mol. The third kappa shape index (κ3) is 4.17. The average molecular weight is 186 g/mol. The Labute approximate surface area is 80.6 Å². The van der Waals surface area contributed by atoms with E-state index in [9.17, 15) is 0 Å². The van der Waals surface area contributed by atoms with Gasteiger partial charge < -0.3 is 4.74 Å². The largest absolute Gasteiger partial charge is 0.377 e. The van der Waals surface area contributed by atoms with Crippen molar-refractivity contribution in [3.05, 3.63) is 12.2 Å². The van der Waals surface area contributed by atoms with Crippen LogP contribution < -0.4 is 0 Å². The summed E-state index contributed by atoms with van der Waals surface area (Å²) in [4.78, 5) is 0. The van der Waals surface area contributed by atoms with Gasteiger partial charge in [0, 0.05) is 12.4 Å². The first-order chi connectivity index (χ1) is 5.93. The minimum atomic E-state index is 0.761. The third-order valence-electron chi connectivity index (χ3n) is 2.31. The van der Waals surface area contributed by atoms with Crippen LogP contribution in [-0.2, 0) is 4.74 Å². The van der Waals surface area contributed by atoms with Gasteiger partial charge in [0.2, 0.25) is 0 Å². The van der Waals surface area contributed by atoms with E-state index in [1.165, 1.54) is 25.7 Å². The van der Waals surface area contributed by atoms with Gasteiger partial charge in [0.1, 0.15) is 0 Å². The number of ether oxygens (including phenoxy) is 1. The lowest BCUT2D eigenvalue weighted by Gasteiger charge is -2.07. The van der Waals surface area contributed by atoms with E-state index in [0.717, 1.165) is 24.9 Å². The molecule has 1 saturated carbocycles. The molecule has 0 aromatic carbocycles. The fraction of sp³-hybridized carbons (Fsp3) is 0.800. The molecular weight excluding hydrogens is 168 g/mol. The summed E-state index contributed by atoms with van der Waals surface area (Å²) in [5.41, 5.74) is 0. The van der Waals surface area contributed by atoms with Gasteiger partial charge in [0.15, 0.2) is 0 Å². The molecule has 1 rings (SSSR count). The van der Waals surface area contributed by atoms with Crippen molar-refractivity contribution < 1.29 is 4.74 Å². The highest BCUT2D eigenvalue weighted by molar-refractivity contribution is 7.80. The van der Waals surface area contributed by atoms with Gasteiger partial charge in [-0.3, -0.25) is 0 Å². The standard InChI is InChI=1S/C10H18OS/c12-8-4-3-7-11-9-10-5-1-2-6-10/h3-4,10,12H,1-2,5-9H2. The van der Waals surface area contributed by atoms with E-state index in [0.29, 0.717) is 0 Å². The zero-order valence-corrected chi connectivity index (χ0v) is 8.43. The van der Waals surface area contributed by atoms with Crippen molar-refractivity contribution in [1.82, 2.24) is 0 Å². The molecular formula is C10H18OS. The van der Waals surface area contributed by atoms with Crippen LogP contribution in [0, 0.1) is 5.92 Å². The van der Waals surface area contributed by atoms with Crippen LogP contribution in [0.2, 0.25) is 0 Å². The normalized spacial score (nSPS) is 19.4. The summed E-state index contributed by atoms with van der Waals surface area (Å²) in [6, 6.07) is 0. The maximum Gasteiger partial charge on any atom is 0.0647 e. The van der Waals surface area contributed by atoms with E-state index in [2.05, 4.69) is 12.6 Å². The van der Waals surface area contributed by atoms with E-state index in [-0.39, 0.29) is 0 Å². The summed E-state index contributed by atoms with van der Waals surface area (Å²) in [6.45, 7) is 1.72. The Kier molecular flexibility index (Phi) is 5.53. The Morgan fingerprint density at radius 1 is 1.25 bits per heavy atom.